The van der Waals surface area contributed by atoms with E-state index in [-0.39, 0.29) is 6.54 Å². The Bertz CT molecular complexity index is 1250. The van der Waals surface area contributed by atoms with Gasteiger partial charge in [0, 0.05) is 26.5 Å². The summed E-state index contributed by atoms with van der Waals surface area (Å²) in [4.78, 5) is 26.2. The summed E-state index contributed by atoms with van der Waals surface area (Å²) in [5.41, 5.74) is 0.183. The number of aliphatic hydroxyl groups is 1. The van der Waals surface area contributed by atoms with Crippen molar-refractivity contribution in [3.63, 3.8) is 0 Å². The minimum Gasteiger partial charge on any atom is -0.386 e. The maximum atomic E-state index is 12.5. The summed E-state index contributed by atoms with van der Waals surface area (Å²) in [5, 5.41) is 11.8. The number of H-pyrrole nitrogens is 1. The van der Waals surface area contributed by atoms with Crippen LogP contribution in [-0.4, -0.2) is 40.8 Å². The lowest BCUT2D eigenvalue weighted by atomic mass is 9.62. The van der Waals surface area contributed by atoms with Crippen LogP contribution in [0.2, 0.25) is 0 Å². The molecule has 2 N–H and O–H groups in total. The fraction of sp³-hybridized carbons (Fsp3) is 0.214. The number of rotatable bonds is 9. The number of nitrogens with zero attached hydrogens (tertiary/aromatic N) is 1. The molecule has 0 amide bonds. The number of aromatic amines is 1. The Kier molecular flexibility index (Phi) is 7.12. The van der Waals surface area contributed by atoms with Crippen molar-refractivity contribution in [2.24, 2.45) is 0 Å². The number of hydrogen-bond donors (Lipinski definition) is 2. The predicted octanol–water partition coefficient (Wildman–Crippen LogP) is 2.92. The summed E-state index contributed by atoms with van der Waals surface area (Å²) < 4.78 is 13.5. The highest BCUT2D eigenvalue weighted by atomic mass is 16.7. The van der Waals surface area contributed by atoms with Crippen LogP contribution in [0.1, 0.15) is 16.7 Å². The fourth-order valence-corrected chi connectivity index (χ4v) is 4.97. The van der Waals surface area contributed by atoms with Gasteiger partial charge in [0.15, 0.2) is 0 Å². The van der Waals surface area contributed by atoms with Crippen LogP contribution < -0.4 is 11.2 Å². The van der Waals surface area contributed by atoms with Crippen LogP contribution in [0.4, 0.5) is 0 Å². The molecule has 0 aliphatic rings. The zero-order chi connectivity index (χ0) is 24.9. The van der Waals surface area contributed by atoms with Gasteiger partial charge < -0.3 is 14.6 Å². The molecule has 0 bridgehead atoms. The maximum absolute atomic E-state index is 12.5. The molecule has 0 saturated carbocycles. The number of aliphatic hydroxyl groups excluding tert-OH is 1. The Morgan fingerprint density at radius 1 is 0.771 bits per heavy atom. The Morgan fingerprint density at radius 3 is 1.57 bits per heavy atom. The van der Waals surface area contributed by atoms with E-state index >= 15 is 0 Å². The average Bonchev–Trinajstić information content (AvgIpc) is 2.90. The van der Waals surface area contributed by atoms with Crippen LogP contribution >= 0.6 is 0 Å². The van der Waals surface area contributed by atoms with Crippen molar-refractivity contribution in [3.8, 4) is 0 Å². The Morgan fingerprint density at radius 2 is 1.20 bits per heavy atom. The monoisotopic (exact) mass is 472 g/mol. The lowest BCUT2D eigenvalue weighted by Crippen LogP contribution is -2.64. The van der Waals surface area contributed by atoms with E-state index in [1.54, 1.807) is 0 Å². The highest BCUT2D eigenvalue weighted by Gasteiger charge is 2.60. The van der Waals surface area contributed by atoms with E-state index in [2.05, 4.69) is 4.98 Å². The summed E-state index contributed by atoms with van der Waals surface area (Å²) in [6.45, 7) is -0.189. The van der Waals surface area contributed by atoms with Crippen molar-refractivity contribution < 1.29 is 14.6 Å². The summed E-state index contributed by atoms with van der Waals surface area (Å²) in [7, 11) is 2.96. The SMILES string of the molecule is COC(OC)(C(O)Cn1ccc(=O)[nH]c1=O)C(c1ccccc1)(c1ccccc1)c1ccccc1. The first-order valence-electron chi connectivity index (χ1n) is 11.2. The van der Waals surface area contributed by atoms with Gasteiger partial charge in [0.25, 0.3) is 5.56 Å². The second-order valence-corrected chi connectivity index (χ2v) is 8.20. The lowest BCUT2D eigenvalue weighted by molar-refractivity contribution is -0.285. The van der Waals surface area contributed by atoms with Crippen molar-refractivity contribution in [2.75, 3.05) is 14.2 Å². The maximum Gasteiger partial charge on any atom is 0.328 e. The third kappa shape index (κ3) is 4.14. The molecule has 0 fully saturated rings. The molecular formula is C28H28N2O5. The zero-order valence-electron chi connectivity index (χ0n) is 19.6. The summed E-state index contributed by atoms with van der Waals surface area (Å²) in [6.07, 6.45) is -0.00267. The predicted molar refractivity (Wildman–Crippen MR) is 133 cm³/mol. The average molecular weight is 473 g/mol. The van der Waals surface area contributed by atoms with E-state index in [1.165, 1.54) is 31.0 Å². The Labute approximate surface area is 203 Å². The Balaban J connectivity index is 2.05. The topological polar surface area (TPSA) is 93.5 Å². The van der Waals surface area contributed by atoms with E-state index in [4.69, 9.17) is 9.47 Å². The van der Waals surface area contributed by atoms with Gasteiger partial charge in [-0.3, -0.25) is 14.3 Å². The number of hydrogen-bond acceptors (Lipinski definition) is 5. The van der Waals surface area contributed by atoms with Crippen molar-refractivity contribution in [3.05, 3.63) is 141 Å². The van der Waals surface area contributed by atoms with Gasteiger partial charge in [0.05, 0.1) is 6.54 Å². The second-order valence-electron chi connectivity index (χ2n) is 8.20. The minimum absolute atomic E-state index is 0.189. The molecule has 4 rings (SSSR count). The zero-order valence-corrected chi connectivity index (χ0v) is 19.6. The molecule has 180 valence electrons. The van der Waals surface area contributed by atoms with Crippen molar-refractivity contribution in [1.29, 1.82) is 0 Å². The molecule has 0 aliphatic heterocycles. The third-order valence-corrected chi connectivity index (χ3v) is 6.45. The van der Waals surface area contributed by atoms with Gasteiger partial charge in [0.2, 0.25) is 5.79 Å². The molecule has 1 heterocycles. The summed E-state index contributed by atoms with van der Waals surface area (Å²) in [5.74, 6) is -1.69. The smallest absolute Gasteiger partial charge is 0.328 e. The quantitative estimate of drug-likeness (QED) is 0.289. The van der Waals surface area contributed by atoms with Gasteiger partial charge in [-0.05, 0) is 16.7 Å². The molecule has 0 aliphatic carbocycles. The number of ether oxygens (including phenoxy) is 2. The first kappa shape index (κ1) is 24.3. The van der Waals surface area contributed by atoms with E-state index in [0.29, 0.717) is 0 Å². The molecule has 0 saturated heterocycles. The number of nitrogens with one attached hydrogen (secondary N) is 1. The second kappa shape index (κ2) is 10.2. The first-order valence-corrected chi connectivity index (χ1v) is 11.2. The molecule has 1 aromatic heterocycles. The molecule has 0 radical (unpaired) electrons. The van der Waals surface area contributed by atoms with Crippen LogP contribution in [0.5, 0.6) is 0 Å². The normalized spacial score (nSPS) is 12.9. The minimum atomic E-state index is -1.69. The van der Waals surface area contributed by atoms with Crippen molar-refractivity contribution >= 4 is 0 Å². The number of methoxy groups -OCH3 is 2. The van der Waals surface area contributed by atoms with Gasteiger partial charge in [0.1, 0.15) is 11.5 Å². The molecule has 1 atom stereocenters. The van der Waals surface area contributed by atoms with Crippen LogP contribution in [0.3, 0.4) is 0 Å². The highest BCUT2D eigenvalue weighted by molar-refractivity contribution is 5.54. The van der Waals surface area contributed by atoms with E-state index in [9.17, 15) is 14.7 Å². The molecule has 3 aromatic carbocycles. The molecule has 0 spiro atoms. The van der Waals surface area contributed by atoms with Gasteiger partial charge in [-0.25, -0.2) is 4.79 Å². The van der Waals surface area contributed by atoms with Crippen LogP contribution in [0.25, 0.3) is 0 Å². The van der Waals surface area contributed by atoms with Crippen molar-refractivity contribution in [2.45, 2.75) is 23.9 Å². The Hall–Kier alpha value is -3.78. The van der Waals surface area contributed by atoms with Crippen LogP contribution in [0, 0.1) is 0 Å². The fourth-order valence-electron chi connectivity index (χ4n) is 4.97. The van der Waals surface area contributed by atoms with Crippen LogP contribution in [0.15, 0.2) is 113 Å². The third-order valence-electron chi connectivity index (χ3n) is 6.45. The lowest BCUT2D eigenvalue weighted by Gasteiger charge is -2.51. The molecular weight excluding hydrogens is 444 g/mol. The standard InChI is InChI=1S/C28H28N2O5/c1-34-28(35-2,24(31)20-30-19-18-25(32)29-26(30)33)27(21-12-6-3-7-13-21,22-14-8-4-9-15-22)23-16-10-5-11-17-23/h3-19,24,31H,20H2,1-2H3,(H,29,32,33). The van der Waals surface area contributed by atoms with Gasteiger partial charge >= 0.3 is 5.69 Å². The largest absolute Gasteiger partial charge is 0.386 e. The molecule has 7 heteroatoms. The van der Waals surface area contributed by atoms with Crippen molar-refractivity contribution in [1.82, 2.24) is 9.55 Å². The van der Waals surface area contributed by atoms with Crippen LogP contribution in [-0.2, 0) is 21.4 Å². The number of benzene rings is 3. The molecule has 7 nitrogen and oxygen atoms in total. The van der Waals surface area contributed by atoms with E-state index < -0.39 is 28.6 Å². The summed E-state index contributed by atoms with van der Waals surface area (Å²) >= 11 is 0. The molecule has 4 aromatic rings. The van der Waals surface area contributed by atoms with E-state index in [1.807, 2.05) is 91.0 Å². The molecule has 35 heavy (non-hydrogen) atoms. The van der Waals surface area contributed by atoms with Gasteiger partial charge in [-0.2, -0.15) is 0 Å². The van der Waals surface area contributed by atoms with Gasteiger partial charge in [-0.1, -0.05) is 91.0 Å². The van der Waals surface area contributed by atoms with Gasteiger partial charge in [-0.15, -0.1) is 0 Å². The first-order chi connectivity index (χ1) is 17.0. The number of aromatic nitrogens is 2. The highest BCUT2D eigenvalue weighted by Crippen LogP contribution is 2.51. The summed E-state index contributed by atoms with van der Waals surface area (Å²) in [6, 6.07) is 30.3. The van der Waals surface area contributed by atoms with E-state index in [0.717, 1.165) is 16.7 Å². The molecule has 1 unspecified atom stereocenters.